The number of nitrogens with zero attached hydrogens (tertiary/aromatic N) is 1. The smallest absolute Gasteiger partial charge is 0.263 e. The zero-order valence-corrected chi connectivity index (χ0v) is 18.2. The summed E-state index contributed by atoms with van der Waals surface area (Å²) < 4.78 is 7.70. The Kier molecular flexibility index (Phi) is 5.58. The average molecular weight is 409 g/mol. The maximum Gasteiger partial charge on any atom is 0.263 e. The van der Waals surface area contributed by atoms with Gasteiger partial charge in [-0.3, -0.25) is 9.59 Å². The third-order valence-electron chi connectivity index (χ3n) is 6.61. The van der Waals surface area contributed by atoms with Crippen LogP contribution in [0.4, 0.5) is 0 Å². The van der Waals surface area contributed by atoms with Gasteiger partial charge in [0, 0.05) is 30.8 Å². The van der Waals surface area contributed by atoms with Crippen molar-refractivity contribution in [1.82, 2.24) is 9.88 Å². The number of ether oxygens (including phenoxy) is 1. The maximum absolute atomic E-state index is 12.9. The zero-order valence-electron chi connectivity index (χ0n) is 18.2. The molecule has 5 nitrogen and oxygen atoms in total. The van der Waals surface area contributed by atoms with Crippen LogP contribution in [0.15, 0.2) is 47.4 Å². The van der Waals surface area contributed by atoms with E-state index in [-0.39, 0.29) is 34.1 Å². The van der Waals surface area contributed by atoms with Crippen LogP contribution in [0.25, 0.3) is 0 Å². The first-order valence-electron chi connectivity index (χ1n) is 11.0. The highest BCUT2D eigenvalue weighted by molar-refractivity contribution is 5.95. The van der Waals surface area contributed by atoms with E-state index in [2.05, 4.69) is 43.4 Å². The van der Waals surface area contributed by atoms with E-state index in [9.17, 15) is 9.59 Å². The minimum Gasteiger partial charge on any atom is -0.376 e. The summed E-state index contributed by atoms with van der Waals surface area (Å²) in [4.78, 5) is 25.8. The predicted octanol–water partition coefficient (Wildman–Crippen LogP) is 4.14. The molecule has 1 atom stereocenters. The van der Waals surface area contributed by atoms with E-state index in [1.54, 1.807) is 4.57 Å². The van der Waals surface area contributed by atoms with Crippen LogP contribution >= 0.6 is 0 Å². The fourth-order valence-corrected chi connectivity index (χ4v) is 4.93. The van der Waals surface area contributed by atoms with Crippen molar-refractivity contribution in [1.29, 1.82) is 0 Å². The number of aromatic nitrogens is 1. The molecular formula is C25H32N2O3. The Morgan fingerprint density at radius 3 is 2.60 bits per heavy atom. The number of rotatable bonds is 6. The van der Waals surface area contributed by atoms with Crippen molar-refractivity contribution in [2.24, 2.45) is 0 Å². The van der Waals surface area contributed by atoms with Crippen LogP contribution in [0.2, 0.25) is 0 Å². The summed E-state index contributed by atoms with van der Waals surface area (Å²) in [6.45, 7) is 7.34. The highest BCUT2D eigenvalue weighted by atomic mass is 16.5. The van der Waals surface area contributed by atoms with Gasteiger partial charge in [0.05, 0.1) is 5.60 Å². The molecule has 1 N–H and O–H groups in total. The topological polar surface area (TPSA) is 60.3 Å². The number of amides is 1. The molecule has 1 aliphatic carbocycles. The summed E-state index contributed by atoms with van der Waals surface area (Å²) in [6.07, 6.45) is 6.50. The quantitative estimate of drug-likeness (QED) is 0.782. The summed E-state index contributed by atoms with van der Waals surface area (Å²) in [5.41, 5.74) is 1.90. The van der Waals surface area contributed by atoms with E-state index >= 15 is 0 Å². The Morgan fingerprint density at radius 2 is 1.93 bits per heavy atom. The number of pyridine rings is 1. The van der Waals surface area contributed by atoms with Crippen molar-refractivity contribution >= 4 is 5.91 Å². The van der Waals surface area contributed by atoms with Crippen molar-refractivity contribution < 1.29 is 9.53 Å². The lowest BCUT2D eigenvalue weighted by Gasteiger charge is -2.45. The van der Waals surface area contributed by atoms with Crippen molar-refractivity contribution in [3.05, 3.63) is 69.6 Å². The molecule has 2 aliphatic rings. The molecule has 1 aromatic carbocycles. The van der Waals surface area contributed by atoms with Gasteiger partial charge in [-0.15, -0.1) is 0 Å². The lowest BCUT2D eigenvalue weighted by molar-refractivity contribution is -0.0838. The highest BCUT2D eigenvalue weighted by Gasteiger charge is 2.41. The van der Waals surface area contributed by atoms with E-state index in [1.807, 2.05) is 25.3 Å². The van der Waals surface area contributed by atoms with Gasteiger partial charge in [-0.2, -0.15) is 0 Å². The molecule has 1 unspecified atom stereocenters. The number of hydrogen-bond donors (Lipinski definition) is 1. The van der Waals surface area contributed by atoms with Gasteiger partial charge >= 0.3 is 0 Å². The SMILES string of the molecule is Cc1ccn(C2CC2)c(=O)c1C(=O)NCCC1(c2ccccc2)CCOC(C)(C)C1. The fraction of sp³-hybridized carbons (Fsp3) is 0.520. The zero-order chi connectivity index (χ0) is 21.4. The van der Waals surface area contributed by atoms with E-state index < -0.39 is 0 Å². The van der Waals surface area contributed by atoms with E-state index in [0.717, 1.165) is 37.7 Å². The van der Waals surface area contributed by atoms with Crippen LogP contribution in [-0.2, 0) is 10.2 Å². The minimum atomic E-state index is -0.262. The summed E-state index contributed by atoms with van der Waals surface area (Å²) in [5.74, 6) is -0.262. The minimum absolute atomic E-state index is 0.0454. The number of hydrogen-bond acceptors (Lipinski definition) is 3. The van der Waals surface area contributed by atoms with Gasteiger partial charge in [-0.05, 0) is 70.1 Å². The Labute approximate surface area is 178 Å². The van der Waals surface area contributed by atoms with Crippen LogP contribution in [0.1, 0.15) is 73.5 Å². The van der Waals surface area contributed by atoms with Crippen molar-refractivity contribution in [2.75, 3.05) is 13.2 Å². The second-order valence-electron chi connectivity index (χ2n) is 9.50. The molecule has 1 aliphatic heterocycles. The summed E-state index contributed by atoms with van der Waals surface area (Å²) in [7, 11) is 0. The van der Waals surface area contributed by atoms with Gasteiger partial charge in [0.1, 0.15) is 5.56 Å². The molecule has 0 bridgehead atoms. The molecule has 0 radical (unpaired) electrons. The van der Waals surface area contributed by atoms with Crippen LogP contribution in [-0.4, -0.2) is 29.2 Å². The molecule has 5 heteroatoms. The molecule has 1 saturated heterocycles. The van der Waals surface area contributed by atoms with Crippen LogP contribution in [0.3, 0.4) is 0 Å². The fourth-order valence-electron chi connectivity index (χ4n) is 4.93. The summed E-state index contributed by atoms with van der Waals surface area (Å²) in [5, 5.41) is 3.04. The molecule has 2 fully saturated rings. The molecule has 2 aromatic rings. The molecule has 1 saturated carbocycles. The summed E-state index contributed by atoms with van der Waals surface area (Å²) in [6, 6.07) is 12.7. The normalized spacial score (nSPS) is 23.2. The first kappa shape index (κ1) is 20.9. The lowest BCUT2D eigenvalue weighted by Crippen LogP contribution is -2.46. The molecule has 4 rings (SSSR count). The average Bonchev–Trinajstić information content (AvgIpc) is 3.53. The largest absolute Gasteiger partial charge is 0.376 e. The van der Waals surface area contributed by atoms with Crippen molar-refractivity contribution in [3.63, 3.8) is 0 Å². The molecule has 0 spiro atoms. The molecule has 1 aromatic heterocycles. The Morgan fingerprint density at radius 1 is 1.20 bits per heavy atom. The molecule has 30 heavy (non-hydrogen) atoms. The number of nitrogens with one attached hydrogen (secondary N) is 1. The molecule has 1 amide bonds. The van der Waals surface area contributed by atoms with E-state index in [0.29, 0.717) is 13.2 Å². The third kappa shape index (κ3) is 4.22. The second-order valence-corrected chi connectivity index (χ2v) is 9.50. The van der Waals surface area contributed by atoms with E-state index in [4.69, 9.17) is 4.74 Å². The third-order valence-corrected chi connectivity index (χ3v) is 6.61. The Hall–Kier alpha value is -2.40. The molecule has 160 valence electrons. The van der Waals surface area contributed by atoms with Crippen LogP contribution in [0, 0.1) is 6.92 Å². The van der Waals surface area contributed by atoms with E-state index in [1.165, 1.54) is 5.56 Å². The number of aryl methyl sites for hydroxylation is 1. The van der Waals surface area contributed by atoms with Gasteiger partial charge in [0.2, 0.25) is 0 Å². The maximum atomic E-state index is 12.9. The number of benzene rings is 1. The van der Waals surface area contributed by atoms with Crippen molar-refractivity contribution in [2.45, 2.75) is 69.9 Å². The van der Waals surface area contributed by atoms with Gasteiger partial charge in [-0.1, -0.05) is 30.3 Å². The Bertz CT molecular complexity index is 976. The second kappa shape index (κ2) is 8.03. The van der Waals surface area contributed by atoms with Crippen molar-refractivity contribution in [3.8, 4) is 0 Å². The predicted molar refractivity (Wildman–Crippen MR) is 118 cm³/mol. The number of carbonyl (C=O) groups is 1. The van der Waals surface area contributed by atoms with Crippen LogP contribution in [0.5, 0.6) is 0 Å². The molecule has 2 heterocycles. The Balaban J connectivity index is 1.51. The monoisotopic (exact) mass is 408 g/mol. The van der Waals surface area contributed by atoms with Crippen LogP contribution < -0.4 is 10.9 Å². The highest BCUT2D eigenvalue weighted by Crippen LogP contribution is 2.43. The van der Waals surface area contributed by atoms with Gasteiger partial charge < -0.3 is 14.6 Å². The van der Waals surface area contributed by atoms with Gasteiger partial charge in [-0.25, -0.2) is 0 Å². The summed E-state index contributed by atoms with van der Waals surface area (Å²) >= 11 is 0. The standard InChI is InChI=1S/C25H32N2O3/c1-18-11-15-27(20-9-10-20)23(29)21(18)22(28)26-14-12-25(19-7-5-4-6-8-19)13-16-30-24(2,3)17-25/h4-8,11,15,20H,9-10,12-14,16-17H2,1-3H3,(H,26,28). The van der Waals surface area contributed by atoms with Gasteiger partial charge in [0.25, 0.3) is 11.5 Å². The number of carbonyl (C=O) groups excluding carboxylic acids is 1. The van der Waals surface area contributed by atoms with Gasteiger partial charge in [0.15, 0.2) is 0 Å². The first-order valence-corrected chi connectivity index (χ1v) is 11.0. The molecular weight excluding hydrogens is 376 g/mol. The lowest BCUT2D eigenvalue weighted by atomic mass is 9.67. The first-order chi connectivity index (χ1) is 14.3.